The summed E-state index contributed by atoms with van der Waals surface area (Å²) in [5, 5.41) is 9.09. The molecule has 0 aromatic heterocycles. The van der Waals surface area contributed by atoms with E-state index in [9.17, 15) is 4.79 Å². The molecule has 0 aliphatic rings. The van der Waals surface area contributed by atoms with E-state index < -0.39 is 11.9 Å². The number of rotatable bonds is 5. The van der Waals surface area contributed by atoms with E-state index in [1.807, 2.05) is 32.0 Å². The lowest BCUT2D eigenvalue weighted by Crippen LogP contribution is -2.19. The van der Waals surface area contributed by atoms with Gasteiger partial charge in [-0.2, -0.15) is 0 Å². The Morgan fingerprint density at radius 2 is 2.00 bits per heavy atom. The highest BCUT2D eigenvalue weighted by molar-refractivity contribution is 5.73. The van der Waals surface area contributed by atoms with Crippen LogP contribution in [0.15, 0.2) is 30.3 Å². The van der Waals surface area contributed by atoms with Crippen LogP contribution in [-0.2, 0) is 11.2 Å². The van der Waals surface area contributed by atoms with Crippen LogP contribution in [0.25, 0.3) is 0 Å². The fraction of sp³-hybridized carbons (Fsp3) is 0.438. The van der Waals surface area contributed by atoms with Crippen LogP contribution < -0.4 is 0 Å². The molecule has 0 radical (unpaired) electrons. The number of carboxylic acid groups (broad SMARTS) is 1. The van der Waals surface area contributed by atoms with Crippen molar-refractivity contribution in [2.75, 3.05) is 0 Å². The maximum atomic E-state index is 11.1. The molecule has 2 heteroatoms. The zero-order chi connectivity index (χ0) is 13.4. The molecule has 0 heterocycles. The van der Waals surface area contributed by atoms with E-state index in [4.69, 9.17) is 5.11 Å². The maximum absolute atomic E-state index is 11.1. The third-order valence-corrected chi connectivity index (χ3v) is 3.12. The molecule has 1 rings (SSSR count). The molecule has 1 aromatic carbocycles. The van der Waals surface area contributed by atoms with Gasteiger partial charge in [0.1, 0.15) is 5.92 Å². The van der Waals surface area contributed by atoms with Crippen LogP contribution in [0.4, 0.5) is 0 Å². The van der Waals surface area contributed by atoms with Gasteiger partial charge in [-0.25, -0.2) is 0 Å². The van der Waals surface area contributed by atoms with Gasteiger partial charge in [0.25, 0.3) is 0 Å². The first kappa shape index (κ1) is 14.3. The molecule has 0 spiro atoms. The number of benzene rings is 1. The van der Waals surface area contributed by atoms with Crippen molar-refractivity contribution in [3.05, 3.63) is 35.9 Å². The molecule has 0 aliphatic heterocycles. The van der Waals surface area contributed by atoms with Gasteiger partial charge in [0.2, 0.25) is 0 Å². The molecule has 0 fully saturated rings. The first-order valence-electron chi connectivity index (χ1n) is 6.40. The van der Waals surface area contributed by atoms with Gasteiger partial charge < -0.3 is 5.11 Å². The summed E-state index contributed by atoms with van der Waals surface area (Å²) in [6.07, 6.45) is 2.43. The van der Waals surface area contributed by atoms with Gasteiger partial charge in [-0.05, 0) is 17.9 Å². The Bertz CT molecular complexity index is 425. The lowest BCUT2D eigenvalue weighted by molar-refractivity contribution is -0.141. The summed E-state index contributed by atoms with van der Waals surface area (Å²) in [7, 11) is 0. The van der Waals surface area contributed by atoms with Gasteiger partial charge in [-0.3, -0.25) is 4.79 Å². The van der Waals surface area contributed by atoms with E-state index in [0.717, 1.165) is 12.8 Å². The van der Waals surface area contributed by atoms with Crippen LogP contribution in [0.1, 0.15) is 32.3 Å². The summed E-state index contributed by atoms with van der Waals surface area (Å²) in [6.45, 7) is 3.93. The molecule has 2 nitrogen and oxygen atoms in total. The Kier molecular flexibility index (Phi) is 6.00. The number of aryl methyl sites for hydroxylation is 1. The van der Waals surface area contributed by atoms with Crippen LogP contribution in [-0.4, -0.2) is 11.1 Å². The van der Waals surface area contributed by atoms with Crippen molar-refractivity contribution in [3.63, 3.8) is 0 Å². The Morgan fingerprint density at radius 3 is 2.56 bits per heavy atom. The number of carbonyl (C=O) groups is 1. The minimum atomic E-state index is -0.809. The minimum Gasteiger partial charge on any atom is -0.480 e. The fourth-order valence-electron chi connectivity index (χ4n) is 1.72. The average Bonchev–Trinajstić information content (AvgIpc) is 2.38. The molecule has 0 saturated carbocycles. The molecule has 2 unspecified atom stereocenters. The summed E-state index contributed by atoms with van der Waals surface area (Å²) < 4.78 is 0. The van der Waals surface area contributed by atoms with E-state index >= 15 is 0 Å². The van der Waals surface area contributed by atoms with Crippen molar-refractivity contribution in [3.8, 4) is 11.8 Å². The minimum absolute atomic E-state index is 0.103. The zero-order valence-electron chi connectivity index (χ0n) is 11.0. The second kappa shape index (κ2) is 7.55. The Morgan fingerprint density at radius 1 is 1.33 bits per heavy atom. The van der Waals surface area contributed by atoms with Gasteiger partial charge in [0.05, 0.1) is 0 Å². The first-order valence-corrected chi connectivity index (χ1v) is 6.40. The van der Waals surface area contributed by atoms with Crippen molar-refractivity contribution < 1.29 is 9.90 Å². The zero-order valence-corrected chi connectivity index (χ0v) is 11.0. The molecular weight excluding hydrogens is 224 g/mol. The molecule has 1 aromatic rings. The highest BCUT2D eigenvalue weighted by Gasteiger charge is 2.20. The summed E-state index contributed by atoms with van der Waals surface area (Å²) in [5.74, 6) is 4.65. The SMILES string of the molecule is CCC(C)C(C#CCCc1ccccc1)C(=O)O. The third kappa shape index (κ3) is 4.63. The summed E-state index contributed by atoms with van der Waals surface area (Å²) >= 11 is 0. The normalized spacial score (nSPS) is 13.2. The standard InChI is InChI=1S/C16H20O2/c1-3-13(2)15(16(17)18)12-8-7-11-14-9-5-4-6-10-14/h4-6,9-10,13,15H,3,7,11H2,1-2H3,(H,17,18). The van der Waals surface area contributed by atoms with Crippen LogP contribution in [0.3, 0.4) is 0 Å². The Balaban J connectivity index is 2.51. The second-order valence-corrected chi connectivity index (χ2v) is 4.51. The van der Waals surface area contributed by atoms with E-state index in [1.54, 1.807) is 0 Å². The number of hydrogen-bond donors (Lipinski definition) is 1. The molecule has 96 valence electrons. The highest BCUT2D eigenvalue weighted by atomic mass is 16.4. The molecule has 18 heavy (non-hydrogen) atoms. The lowest BCUT2D eigenvalue weighted by atomic mass is 9.92. The molecule has 0 saturated heterocycles. The number of carboxylic acids is 1. The first-order chi connectivity index (χ1) is 8.65. The third-order valence-electron chi connectivity index (χ3n) is 3.12. The van der Waals surface area contributed by atoms with E-state index in [2.05, 4.69) is 24.0 Å². The Labute approximate surface area is 109 Å². The van der Waals surface area contributed by atoms with Gasteiger partial charge in [0, 0.05) is 6.42 Å². The van der Waals surface area contributed by atoms with Gasteiger partial charge >= 0.3 is 5.97 Å². The second-order valence-electron chi connectivity index (χ2n) is 4.51. The lowest BCUT2D eigenvalue weighted by Gasteiger charge is -2.11. The number of aliphatic carboxylic acids is 1. The topological polar surface area (TPSA) is 37.3 Å². The molecular formula is C16H20O2. The molecule has 2 atom stereocenters. The van der Waals surface area contributed by atoms with Crippen LogP contribution in [0, 0.1) is 23.7 Å². The fourth-order valence-corrected chi connectivity index (χ4v) is 1.72. The predicted molar refractivity (Wildman–Crippen MR) is 73.1 cm³/mol. The maximum Gasteiger partial charge on any atom is 0.318 e. The smallest absolute Gasteiger partial charge is 0.318 e. The molecule has 0 bridgehead atoms. The monoisotopic (exact) mass is 244 g/mol. The predicted octanol–water partition coefficient (Wildman–Crippen LogP) is 3.37. The van der Waals surface area contributed by atoms with Crippen LogP contribution in [0.2, 0.25) is 0 Å². The highest BCUT2D eigenvalue weighted by Crippen LogP contribution is 2.14. The number of hydrogen-bond acceptors (Lipinski definition) is 1. The largest absolute Gasteiger partial charge is 0.480 e. The van der Waals surface area contributed by atoms with Crippen molar-refractivity contribution >= 4 is 5.97 Å². The van der Waals surface area contributed by atoms with Crippen molar-refractivity contribution in [2.45, 2.75) is 33.1 Å². The van der Waals surface area contributed by atoms with Crippen molar-refractivity contribution in [1.82, 2.24) is 0 Å². The summed E-state index contributed by atoms with van der Waals surface area (Å²) in [6, 6.07) is 10.1. The molecule has 1 N–H and O–H groups in total. The van der Waals surface area contributed by atoms with Gasteiger partial charge in [0.15, 0.2) is 0 Å². The average molecular weight is 244 g/mol. The van der Waals surface area contributed by atoms with Crippen molar-refractivity contribution in [2.24, 2.45) is 11.8 Å². The van der Waals surface area contributed by atoms with Crippen molar-refractivity contribution in [1.29, 1.82) is 0 Å². The summed E-state index contributed by atoms with van der Waals surface area (Å²) in [4.78, 5) is 11.1. The van der Waals surface area contributed by atoms with E-state index in [-0.39, 0.29) is 5.92 Å². The van der Waals surface area contributed by atoms with E-state index in [0.29, 0.717) is 6.42 Å². The van der Waals surface area contributed by atoms with Crippen LogP contribution >= 0.6 is 0 Å². The Hall–Kier alpha value is -1.75. The summed E-state index contributed by atoms with van der Waals surface area (Å²) in [5.41, 5.74) is 1.24. The van der Waals surface area contributed by atoms with Gasteiger partial charge in [-0.1, -0.05) is 56.5 Å². The molecule has 0 amide bonds. The van der Waals surface area contributed by atoms with E-state index in [1.165, 1.54) is 5.56 Å². The molecule has 0 aliphatic carbocycles. The quantitative estimate of drug-likeness (QED) is 0.806. The van der Waals surface area contributed by atoms with Gasteiger partial charge in [-0.15, -0.1) is 5.92 Å². The van der Waals surface area contributed by atoms with Crippen LogP contribution in [0.5, 0.6) is 0 Å².